The molecule has 0 aromatic carbocycles. The minimum absolute atomic E-state index is 0.278. The van der Waals surface area contributed by atoms with Gasteiger partial charge in [-0.3, -0.25) is 0 Å². The van der Waals surface area contributed by atoms with Crippen LogP contribution in [0.3, 0.4) is 0 Å². The number of rotatable bonds is 2. The van der Waals surface area contributed by atoms with Crippen LogP contribution in [0.15, 0.2) is 0 Å². The quantitative estimate of drug-likeness (QED) is 0.595. The van der Waals surface area contributed by atoms with Crippen molar-refractivity contribution in [1.82, 2.24) is 0 Å². The summed E-state index contributed by atoms with van der Waals surface area (Å²) in [4.78, 5) is 0. The highest BCUT2D eigenvalue weighted by molar-refractivity contribution is 5.00. The third-order valence-electron chi connectivity index (χ3n) is 2.81. The van der Waals surface area contributed by atoms with Crippen molar-refractivity contribution in [2.24, 2.45) is 11.8 Å². The van der Waals surface area contributed by atoms with Gasteiger partial charge in [-0.2, -0.15) is 0 Å². The summed E-state index contributed by atoms with van der Waals surface area (Å²) >= 11 is 0. The zero-order valence-corrected chi connectivity index (χ0v) is 5.93. The summed E-state index contributed by atoms with van der Waals surface area (Å²) in [5.74, 6) is 1.31. The van der Waals surface area contributed by atoms with E-state index in [4.69, 9.17) is 0 Å². The summed E-state index contributed by atoms with van der Waals surface area (Å²) in [6.07, 6.45) is 5.07. The summed E-state index contributed by atoms with van der Waals surface area (Å²) in [5.41, 5.74) is -0.278. The van der Waals surface area contributed by atoms with Crippen molar-refractivity contribution in [3.8, 4) is 0 Å². The molecule has 2 aliphatic rings. The summed E-state index contributed by atoms with van der Waals surface area (Å²) in [6.45, 7) is 2.02. The molecule has 2 aliphatic carbocycles. The molecule has 0 amide bonds. The van der Waals surface area contributed by atoms with Crippen molar-refractivity contribution >= 4 is 0 Å². The van der Waals surface area contributed by atoms with E-state index in [2.05, 4.69) is 0 Å². The van der Waals surface area contributed by atoms with Crippen molar-refractivity contribution in [3.05, 3.63) is 0 Å². The van der Waals surface area contributed by atoms with Gasteiger partial charge in [0, 0.05) is 0 Å². The molecule has 52 valence electrons. The van der Waals surface area contributed by atoms with Gasteiger partial charge < -0.3 is 5.11 Å². The second kappa shape index (κ2) is 1.51. The van der Waals surface area contributed by atoms with Gasteiger partial charge in [-0.05, 0) is 44.4 Å². The van der Waals surface area contributed by atoms with Crippen LogP contribution in [0.2, 0.25) is 0 Å². The summed E-state index contributed by atoms with van der Waals surface area (Å²) < 4.78 is 0. The van der Waals surface area contributed by atoms with Gasteiger partial charge in [0.15, 0.2) is 0 Å². The first kappa shape index (κ1) is 5.72. The van der Waals surface area contributed by atoms with Crippen LogP contribution in [0.4, 0.5) is 0 Å². The first-order valence-electron chi connectivity index (χ1n) is 3.93. The molecule has 9 heavy (non-hydrogen) atoms. The molecule has 1 nitrogen and oxygen atoms in total. The van der Waals surface area contributed by atoms with Crippen LogP contribution in [0.1, 0.15) is 32.6 Å². The van der Waals surface area contributed by atoms with E-state index in [1.54, 1.807) is 0 Å². The Bertz CT molecular complexity index is 107. The van der Waals surface area contributed by atoms with Gasteiger partial charge in [0.25, 0.3) is 0 Å². The van der Waals surface area contributed by atoms with Gasteiger partial charge in [-0.15, -0.1) is 0 Å². The molecule has 2 saturated carbocycles. The summed E-state index contributed by atoms with van der Waals surface area (Å²) in [5, 5.41) is 9.79. The molecular formula is C8H14O. The highest BCUT2D eigenvalue weighted by atomic mass is 16.3. The van der Waals surface area contributed by atoms with Crippen LogP contribution in [0.5, 0.6) is 0 Å². The average molecular weight is 126 g/mol. The van der Waals surface area contributed by atoms with Crippen LogP contribution in [-0.4, -0.2) is 10.7 Å². The number of hydrogen-bond donors (Lipinski definition) is 1. The largest absolute Gasteiger partial charge is 0.390 e. The molecule has 2 rings (SSSR count). The Hall–Kier alpha value is -0.0400. The molecule has 0 bridgehead atoms. The maximum absolute atomic E-state index is 9.79. The fraction of sp³-hybridized carbons (Fsp3) is 1.00. The monoisotopic (exact) mass is 126 g/mol. The van der Waals surface area contributed by atoms with Crippen LogP contribution in [0.25, 0.3) is 0 Å². The van der Waals surface area contributed by atoms with Gasteiger partial charge in [-0.1, -0.05) is 0 Å². The Kier molecular flexibility index (Phi) is 0.963. The van der Waals surface area contributed by atoms with E-state index in [0.29, 0.717) is 11.8 Å². The molecule has 0 aromatic rings. The minimum Gasteiger partial charge on any atom is -0.390 e. The highest BCUT2D eigenvalue weighted by Gasteiger charge is 2.49. The van der Waals surface area contributed by atoms with Gasteiger partial charge in [0.05, 0.1) is 5.60 Å². The molecule has 1 N–H and O–H groups in total. The predicted octanol–water partition coefficient (Wildman–Crippen LogP) is 1.56. The van der Waals surface area contributed by atoms with Gasteiger partial charge >= 0.3 is 0 Å². The standard InChI is InChI=1S/C8H14O/c1-8(9,6-2-3-6)7-4-5-7/h6-7,9H,2-5H2,1H3. The molecule has 2 fully saturated rings. The third-order valence-corrected chi connectivity index (χ3v) is 2.81. The molecule has 1 heteroatoms. The van der Waals surface area contributed by atoms with Crippen LogP contribution in [0, 0.1) is 11.8 Å². The van der Waals surface area contributed by atoms with Crippen LogP contribution < -0.4 is 0 Å². The summed E-state index contributed by atoms with van der Waals surface area (Å²) in [7, 11) is 0. The van der Waals surface area contributed by atoms with Crippen LogP contribution in [-0.2, 0) is 0 Å². The smallest absolute Gasteiger partial charge is 0.0675 e. The Balaban J connectivity index is 2.01. The molecule has 0 unspecified atom stereocenters. The van der Waals surface area contributed by atoms with Gasteiger partial charge in [-0.25, -0.2) is 0 Å². The average Bonchev–Trinajstić information content (AvgIpc) is 2.62. The molecule has 0 atom stereocenters. The molecule has 0 saturated heterocycles. The lowest BCUT2D eigenvalue weighted by molar-refractivity contribution is 0.0142. The van der Waals surface area contributed by atoms with Crippen molar-refractivity contribution in [1.29, 1.82) is 0 Å². The van der Waals surface area contributed by atoms with Gasteiger partial charge in [0.1, 0.15) is 0 Å². The normalized spacial score (nSPS) is 28.7. The highest BCUT2D eigenvalue weighted by Crippen LogP contribution is 2.51. The van der Waals surface area contributed by atoms with E-state index in [0.717, 1.165) is 0 Å². The first-order valence-corrected chi connectivity index (χ1v) is 3.93. The van der Waals surface area contributed by atoms with E-state index in [1.165, 1.54) is 25.7 Å². The Morgan fingerprint density at radius 2 is 1.44 bits per heavy atom. The number of aliphatic hydroxyl groups is 1. The Labute approximate surface area is 56.1 Å². The van der Waals surface area contributed by atoms with Crippen molar-refractivity contribution < 1.29 is 5.11 Å². The molecular weight excluding hydrogens is 112 g/mol. The molecule has 0 aliphatic heterocycles. The second-order valence-electron chi connectivity index (χ2n) is 3.77. The molecule has 0 aromatic heterocycles. The lowest BCUT2D eigenvalue weighted by atomic mass is 9.95. The lowest BCUT2D eigenvalue weighted by Gasteiger charge is -2.21. The third kappa shape index (κ3) is 0.877. The zero-order chi connectivity index (χ0) is 6.48. The van der Waals surface area contributed by atoms with E-state index in [1.807, 2.05) is 6.92 Å². The molecule has 0 heterocycles. The van der Waals surface area contributed by atoms with Crippen molar-refractivity contribution in [3.63, 3.8) is 0 Å². The van der Waals surface area contributed by atoms with Crippen LogP contribution >= 0.6 is 0 Å². The number of hydrogen-bond acceptors (Lipinski definition) is 1. The maximum Gasteiger partial charge on any atom is 0.0675 e. The fourth-order valence-corrected chi connectivity index (χ4v) is 1.67. The lowest BCUT2D eigenvalue weighted by Crippen LogP contribution is -2.29. The van der Waals surface area contributed by atoms with Crippen molar-refractivity contribution in [2.75, 3.05) is 0 Å². The fourth-order valence-electron chi connectivity index (χ4n) is 1.67. The van der Waals surface area contributed by atoms with Crippen molar-refractivity contribution in [2.45, 2.75) is 38.2 Å². The Morgan fingerprint density at radius 3 is 1.67 bits per heavy atom. The second-order valence-corrected chi connectivity index (χ2v) is 3.77. The van der Waals surface area contributed by atoms with E-state index >= 15 is 0 Å². The molecule has 0 radical (unpaired) electrons. The predicted molar refractivity (Wildman–Crippen MR) is 36.1 cm³/mol. The summed E-state index contributed by atoms with van der Waals surface area (Å²) in [6, 6.07) is 0. The topological polar surface area (TPSA) is 20.2 Å². The Morgan fingerprint density at radius 1 is 1.11 bits per heavy atom. The van der Waals surface area contributed by atoms with E-state index < -0.39 is 0 Å². The minimum atomic E-state index is -0.278. The zero-order valence-electron chi connectivity index (χ0n) is 5.93. The van der Waals surface area contributed by atoms with Gasteiger partial charge in [0.2, 0.25) is 0 Å². The van der Waals surface area contributed by atoms with E-state index in [9.17, 15) is 5.11 Å². The molecule has 0 spiro atoms. The van der Waals surface area contributed by atoms with E-state index in [-0.39, 0.29) is 5.60 Å². The first-order chi connectivity index (χ1) is 4.21. The SMILES string of the molecule is CC(O)(C1CC1)C1CC1. The maximum atomic E-state index is 9.79.